The molecule has 3 heteroatoms. The van der Waals surface area contributed by atoms with Gasteiger partial charge in [-0.3, -0.25) is 0 Å². The maximum Gasteiger partial charge on any atom is 0.119 e. The van der Waals surface area contributed by atoms with Crippen molar-refractivity contribution in [3.8, 4) is 5.75 Å². The third kappa shape index (κ3) is 6.29. The van der Waals surface area contributed by atoms with E-state index in [9.17, 15) is 0 Å². The number of hydrogen-bond acceptors (Lipinski definition) is 3. The number of benzene rings is 1. The van der Waals surface area contributed by atoms with Crippen LogP contribution in [0.5, 0.6) is 5.75 Å². The zero-order valence-corrected chi connectivity index (χ0v) is 11.3. The van der Waals surface area contributed by atoms with Gasteiger partial charge in [-0.1, -0.05) is 6.07 Å². The van der Waals surface area contributed by atoms with Gasteiger partial charge in [0.15, 0.2) is 0 Å². The van der Waals surface area contributed by atoms with Gasteiger partial charge in [-0.2, -0.15) is 0 Å². The highest BCUT2D eigenvalue weighted by atomic mass is 16.5. The minimum atomic E-state index is 0.607. The summed E-state index contributed by atoms with van der Waals surface area (Å²) in [6.07, 6.45) is 0. The summed E-state index contributed by atoms with van der Waals surface area (Å²) < 4.78 is 11.1. The van der Waals surface area contributed by atoms with E-state index in [1.54, 1.807) is 0 Å². The molecule has 0 aromatic heterocycles. The molecule has 0 bridgehead atoms. The van der Waals surface area contributed by atoms with Crippen molar-refractivity contribution in [3.63, 3.8) is 0 Å². The van der Waals surface area contributed by atoms with Gasteiger partial charge in [0, 0.05) is 6.54 Å². The number of hydrogen-bond donors (Lipinski definition) is 0. The normalized spacial score (nSPS) is 10.9. The summed E-state index contributed by atoms with van der Waals surface area (Å²) in [5.74, 6) is 0.929. The van der Waals surface area contributed by atoms with Crippen LogP contribution in [0.1, 0.15) is 11.1 Å². The van der Waals surface area contributed by atoms with Crippen molar-refractivity contribution in [2.75, 3.05) is 40.5 Å². The topological polar surface area (TPSA) is 21.7 Å². The molecule has 0 N–H and O–H groups in total. The summed E-state index contributed by atoms with van der Waals surface area (Å²) in [6, 6.07) is 6.24. The van der Waals surface area contributed by atoms with Crippen LogP contribution < -0.4 is 4.74 Å². The summed E-state index contributed by atoms with van der Waals surface area (Å²) in [5, 5.41) is 0. The Balaban J connectivity index is 2.18. The van der Waals surface area contributed by atoms with Gasteiger partial charge >= 0.3 is 0 Å². The van der Waals surface area contributed by atoms with E-state index in [4.69, 9.17) is 9.47 Å². The second kappa shape index (κ2) is 7.30. The molecule has 0 fully saturated rings. The average Bonchev–Trinajstić information content (AvgIpc) is 2.21. The second-order valence-electron chi connectivity index (χ2n) is 4.59. The first-order valence-corrected chi connectivity index (χ1v) is 6.01. The predicted molar refractivity (Wildman–Crippen MR) is 70.8 cm³/mol. The molecule has 0 saturated heterocycles. The van der Waals surface area contributed by atoms with Crippen LogP contribution in [0, 0.1) is 13.8 Å². The molecule has 1 rings (SSSR count). The second-order valence-corrected chi connectivity index (χ2v) is 4.59. The van der Waals surface area contributed by atoms with Crippen molar-refractivity contribution in [3.05, 3.63) is 29.3 Å². The Bertz CT molecular complexity index is 317. The summed E-state index contributed by atoms with van der Waals surface area (Å²) in [6.45, 7) is 7.10. The van der Waals surface area contributed by atoms with Crippen molar-refractivity contribution in [2.45, 2.75) is 13.8 Å². The molecule has 0 aliphatic rings. The SMILES string of the molecule is Cc1cc(C)cc(OCCOCCN(C)C)c1. The van der Waals surface area contributed by atoms with Crippen molar-refractivity contribution < 1.29 is 9.47 Å². The van der Waals surface area contributed by atoms with E-state index in [-0.39, 0.29) is 0 Å². The Morgan fingerprint density at radius 3 is 2.18 bits per heavy atom. The Hall–Kier alpha value is -1.06. The molecule has 0 saturated carbocycles. The number of nitrogens with zero attached hydrogens (tertiary/aromatic N) is 1. The van der Waals surface area contributed by atoms with Crippen molar-refractivity contribution in [1.29, 1.82) is 0 Å². The highest BCUT2D eigenvalue weighted by Gasteiger charge is 1.97. The van der Waals surface area contributed by atoms with Gasteiger partial charge in [0.05, 0.1) is 13.2 Å². The average molecular weight is 237 g/mol. The van der Waals surface area contributed by atoms with Crippen LogP contribution in [0.15, 0.2) is 18.2 Å². The Morgan fingerprint density at radius 1 is 0.941 bits per heavy atom. The van der Waals surface area contributed by atoms with Crippen LogP contribution in [0.3, 0.4) is 0 Å². The quantitative estimate of drug-likeness (QED) is 0.679. The summed E-state index contributed by atoms with van der Waals surface area (Å²) >= 11 is 0. The van der Waals surface area contributed by atoms with Crippen LogP contribution >= 0.6 is 0 Å². The molecular weight excluding hydrogens is 214 g/mol. The monoisotopic (exact) mass is 237 g/mol. The van der Waals surface area contributed by atoms with Crippen LogP contribution in [0.4, 0.5) is 0 Å². The van der Waals surface area contributed by atoms with E-state index in [2.05, 4.69) is 24.8 Å². The maximum atomic E-state index is 5.64. The number of aryl methyl sites for hydroxylation is 2. The molecule has 0 heterocycles. The molecule has 1 aromatic rings. The van der Waals surface area contributed by atoms with E-state index >= 15 is 0 Å². The Morgan fingerprint density at radius 2 is 1.59 bits per heavy atom. The van der Waals surface area contributed by atoms with Crippen LogP contribution in [-0.4, -0.2) is 45.4 Å². The van der Waals surface area contributed by atoms with E-state index in [0.29, 0.717) is 13.2 Å². The molecule has 17 heavy (non-hydrogen) atoms. The number of rotatable bonds is 7. The summed E-state index contributed by atoms with van der Waals surface area (Å²) in [5.41, 5.74) is 2.46. The summed E-state index contributed by atoms with van der Waals surface area (Å²) in [4.78, 5) is 2.10. The van der Waals surface area contributed by atoms with E-state index in [0.717, 1.165) is 18.9 Å². The lowest BCUT2D eigenvalue weighted by molar-refractivity contribution is 0.0889. The van der Waals surface area contributed by atoms with E-state index in [1.165, 1.54) is 11.1 Å². The number of likely N-dealkylation sites (N-methyl/N-ethyl adjacent to an activating group) is 1. The standard InChI is InChI=1S/C14H23NO2/c1-12-9-13(2)11-14(10-12)17-8-7-16-6-5-15(3)4/h9-11H,5-8H2,1-4H3. The van der Waals surface area contributed by atoms with Crippen LogP contribution in [-0.2, 0) is 4.74 Å². The van der Waals surface area contributed by atoms with Gasteiger partial charge in [-0.05, 0) is 51.2 Å². The highest BCUT2D eigenvalue weighted by Crippen LogP contribution is 2.15. The van der Waals surface area contributed by atoms with Crippen molar-refractivity contribution in [2.24, 2.45) is 0 Å². The first-order chi connectivity index (χ1) is 8.08. The molecule has 0 amide bonds. The minimum Gasteiger partial charge on any atom is -0.491 e. The first kappa shape index (κ1) is 14.0. The molecule has 0 spiro atoms. The minimum absolute atomic E-state index is 0.607. The van der Waals surface area contributed by atoms with Gasteiger partial charge < -0.3 is 14.4 Å². The summed E-state index contributed by atoms with van der Waals surface area (Å²) in [7, 11) is 4.07. The molecule has 0 unspecified atom stereocenters. The van der Waals surface area contributed by atoms with Crippen LogP contribution in [0.25, 0.3) is 0 Å². The fourth-order valence-corrected chi connectivity index (χ4v) is 1.58. The van der Waals surface area contributed by atoms with E-state index < -0.39 is 0 Å². The lowest BCUT2D eigenvalue weighted by atomic mass is 10.1. The van der Waals surface area contributed by atoms with E-state index in [1.807, 2.05) is 26.2 Å². The Labute approximate surface area is 104 Å². The molecule has 1 aromatic carbocycles. The first-order valence-electron chi connectivity index (χ1n) is 6.01. The zero-order chi connectivity index (χ0) is 12.7. The fourth-order valence-electron chi connectivity index (χ4n) is 1.58. The number of ether oxygens (including phenoxy) is 2. The van der Waals surface area contributed by atoms with Crippen molar-refractivity contribution in [1.82, 2.24) is 4.90 Å². The van der Waals surface area contributed by atoms with Gasteiger partial charge in [-0.25, -0.2) is 0 Å². The maximum absolute atomic E-state index is 5.64. The van der Waals surface area contributed by atoms with Gasteiger partial charge in [0.25, 0.3) is 0 Å². The molecular formula is C14H23NO2. The fraction of sp³-hybridized carbons (Fsp3) is 0.571. The van der Waals surface area contributed by atoms with Gasteiger partial charge in [0.1, 0.15) is 12.4 Å². The molecule has 0 atom stereocenters. The molecule has 0 aliphatic heterocycles. The zero-order valence-electron chi connectivity index (χ0n) is 11.3. The lowest BCUT2D eigenvalue weighted by Gasteiger charge is -2.11. The smallest absolute Gasteiger partial charge is 0.119 e. The lowest BCUT2D eigenvalue weighted by Crippen LogP contribution is -2.19. The molecule has 3 nitrogen and oxygen atoms in total. The van der Waals surface area contributed by atoms with Crippen molar-refractivity contribution >= 4 is 0 Å². The predicted octanol–water partition coefficient (Wildman–Crippen LogP) is 2.26. The Kier molecular flexibility index (Phi) is 6.01. The highest BCUT2D eigenvalue weighted by molar-refractivity contribution is 5.32. The third-order valence-corrected chi connectivity index (χ3v) is 2.37. The van der Waals surface area contributed by atoms with Gasteiger partial charge in [0.2, 0.25) is 0 Å². The molecule has 96 valence electrons. The molecule has 0 aliphatic carbocycles. The molecule has 0 radical (unpaired) electrons. The van der Waals surface area contributed by atoms with Crippen LogP contribution in [0.2, 0.25) is 0 Å². The largest absolute Gasteiger partial charge is 0.491 e. The third-order valence-electron chi connectivity index (χ3n) is 2.37. The van der Waals surface area contributed by atoms with Gasteiger partial charge in [-0.15, -0.1) is 0 Å².